The highest BCUT2D eigenvalue weighted by atomic mass is 19.1. The van der Waals surface area contributed by atoms with Crippen LogP contribution in [-0.4, -0.2) is 89.3 Å². The van der Waals surface area contributed by atoms with Gasteiger partial charge >= 0.3 is 6.03 Å². The molecule has 10 heteroatoms. The Morgan fingerprint density at radius 3 is 2.68 bits per heavy atom. The number of nitrogens with zero attached hydrogens (tertiary/aromatic N) is 3. The molecule has 3 amide bonds. The number of methoxy groups -OCH3 is 2. The summed E-state index contributed by atoms with van der Waals surface area (Å²) in [5.41, 5.74) is 1.18. The highest BCUT2D eigenvalue weighted by molar-refractivity contribution is 6.08. The summed E-state index contributed by atoms with van der Waals surface area (Å²) in [7, 11) is 3.05. The number of aromatic nitrogens is 1. The van der Waals surface area contributed by atoms with Gasteiger partial charge in [-0.15, -0.1) is 0 Å². The topological polar surface area (TPSA) is 98.3 Å². The zero-order valence-corrected chi connectivity index (χ0v) is 22.1. The molecular formula is C28H33FN4O5. The van der Waals surface area contributed by atoms with Crippen molar-refractivity contribution >= 4 is 22.8 Å². The zero-order valence-electron chi connectivity index (χ0n) is 22.1. The number of H-pyrrole nitrogens is 1. The molecule has 0 bridgehead atoms. The molecule has 0 spiro atoms. The van der Waals surface area contributed by atoms with Crippen molar-refractivity contribution in [3.05, 3.63) is 59.0 Å². The van der Waals surface area contributed by atoms with E-state index in [-0.39, 0.29) is 30.4 Å². The van der Waals surface area contributed by atoms with E-state index in [0.29, 0.717) is 47.4 Å². The van der Waals surface area contributed by atoms with E-state index in [4.69, 9.17) is 9.47 Å². The van der Waals surface area contributed by atoms with Crippen molar-refractivity contribution in [3.8, 4) is 11.5 Å². The molecule has 202 valence electrons. The molecule has 0 saturated carbocycles. The van der Waals surface area contributed by atoms with Crippen LogP contribution in [0.5, 0.6) is 11.5 Å². The number of hydrogen-bond acceptors (Lipinski definition) is 6. The van der Waals surface area contributed by atoms with E-state index in [9.17, 15) is 14.7 Å². The third-order valence-corrected chi connectivity index (χ3v) is 7.83. The summed E-state index contributed by atoms with van der Waals surface area (Å²) < 4.78 is 26.0. The predicted molar refractivity (Wildman–Crippen MR) is 140 cm³/mol. The van der Waals surface area contributed by atoms with E-state index < -0.39 is 23.4 Å². The first kappa shape index (κ1) is 26.0. The Balaban J connectivity index is 1.62. The van der Waals surface area contributed by atoms with Gasteiger partial charge in [-0.05, 0) is 48.9 Å². The quantitative estimate of drug-likeness (QED) is 0.415. The van der Waals surface area contributed by atoms with Crippen LogP contribution >= 0.6 is 0 Å². The van der Waals surface area contributed by atoms with Gasteiger partial charge in [-0.25, -0.2) is 9.18 Å². The van der Waals surface area contributed by atoms with Gasteiger partial charge < -0.3 is 19.6 Å². The summed E-state index contributed by atoms with van der Waals surface area (Å²) in [6.45, 7) is 6.49. The van der Waals surface area contributed by atoms with Gasteiger partial charge in [-0.1, -0.05) is 19.1 Å². The first-order valence-corrected chi connectivity index (χ1v) is 12.8. The zero-order chi connectivity index (χ0) is 27.2. The van der Waals surface area contributed by atoms with Crippen LogP contribution in [0.4, 0.5) is 9.18 Å². The number of amides is 3. The predicted octanol–water partition coefficient (Wildman–Crippen LogP) is 3.66. The summed E-state index contributed by atoms with van der Waals surface area (Å²) >= 11 is 0. The molecule has 2 aromatic carbocycles. The Bertz CT molecular complexity index is 1390. The van der Waals surface area contributed by atoms with E-state index >= 15 is 4.39 Å². The lowest BCUT2D eigenvalue weighted by molar-refractivity contribution is -0.133. The Hall–Kier alpha value is -3.63. The van der Waals surface area contributed by atoms with Crippen molar-refractivity contribution in [1.29, 1.82) is 0 Å². The third kappa shape index (κ3) is 3.99. The molecule has 2 N–H and O–H groups in total. The number of hydrogen-bond donors (Lipinski definition) is 2. The number of fused-ring (bicyclic) bond motifs is 4. The Morgan fingerprint density at radius 1 is 1.21 bits per heavy atom. The van der Waals surface area contributed by atoms with E-state index in [1.165, 1.54) is 12.0 Å². The minimum atomic E-state index is -1.24. The van der Waals surface area contributed by atoms with Crippen LogP contribution in [0.15, 0.2) is 36.4 Å². The lowest BCUT2D eigenvalue weighted by Gasteiger charge is -2.42. The van der Waals surface area contributed by atoms with Crippen LogP contribution in [0.2, 0.25) is 0 Å². The van der Waals surface area contributed by atoms with E-state index in [1.54, 1.807) is 55.3 Å². The summed E-state index contributed by atoms with van der Waals surface area (Å²) in [4.78, 5) is 36.2. The molecule has 5 rings (SSSR count). The number of phenols is 1. The molecule has 1 saturated heterocycles. The first-order valence-electron chi connectivity index (χ1n) is 12.8. The fraction of sp³-hybridized carbons (Fsp3) is 0.429. The fourth-order valence-electron chi connectivity index (χ4n) is 5.83. The molecule has 38 heavy (non-hydrogen) atoms. The largest absolute Gasteiger partial charge is 0.508 e. The van der Waals surface area contributed by atoms with Crippen molar-refractivity contribution in [1.82, 2.24) is 19.7 Å². The van der Waals surface area contributed by atoms with Gasteiger partial charge in [-0.2, -0.15) is 0 Å². The number of halogens is 1. The van der Waals surface area contributed by atoms with Gasteiger partial charge in [0.15, 0.2) is 11.6 Å². The summed E-state index contributed by atoms with van der Waals surface area (Å²) in [6, 6.07) is 8.76. The molecule has 1 fully saturated rings. The number of urea groups is 1. The van der Waals surface area contributed by atoms with E-state index in [2.05, 4.69) is 9.88 Å². The molecule has 2 unspecified atom stereocenters. The second-order valence-corrected chi connectivity index (χ2v) is 10.0. The Kier molecular flexibility index (Phi) is 6.79. The maximum Gasteiger partial charge on any atom is 0.328 e. The molecule has 0 radical (unpaired) electrons. The number of phenolic OH excluding ortho intramolecular Hbond substituents is 1. The minimum Gasteiger partial charge on any atom is -0.508 e. The van der Waals surface area contributed by atoms with Gasteiger partial charge in [0.25, 0.3) is 5.91 Å². The van der Waals surface area contributed by atoms with Crippen molar-refractivity contribution in [2.45, 2.75) is 31.8 Å². The number of carbonyl (C=O) groups is 2. The van der Waals surface area contributed by atoms with Crippen LogP contribution in [0, 0.1) is 5.82 Å². The average Bonchev–Trinajstić information content (AvgIpc) is 3.35. The number of aromatic amines is 1. The molecule has 1 aromatic heterocycles. The molecule has 3 heterocycles. The van der Waals surface area contributed by atoms with Gasteiger partial charge in [-0.3, -0.25) is 19.5 Å². The summed E-state index contributed by atoms with van der Waals surface area (Å²) in [5.74, 6) is -0.697. The van der Waals surface area contributed by atoms with Crippen molar-refractivity contribution < 1.29 is 28.6 Å². The second-order valence-electron chi connectivity index (χ2n) is 10.0. The number of rotatable bonds is 9. The lowest BCUT2D eigenvalue weighted by atomic mass is 9.81. The number of nitrogens with one attached hydrogen (secondary N) is 1. The maximum atomic E-state index is 15.6. The monoisotopic (exact) mass is 524 g/mol. The molecular weight excluding hydrogens is 491 g/mol. The van der Waals surface area contributed by atoms with Crippen molar-refractivity contribution in [2.75, 3.05) is 47.0 Å². The highest BCUT2D eigenvalue weighted by Crippen LogP contribution is 2.49. The SMILES string of the molecule is CCN(CCOC)CCN1C(=O)N2C(c3cccc(O)c3)c3[nH]c4ccc(OC)c(F)c4c3CC2(C)C1=O. The maximum absolute atomic E-state index is 15.6. The Labute approximate surface area is 220 Å². The average molecular weight is 525 g/mol. The van der Waals surface area contributed by atoms with Crippen LogP contribution in [0.3, 0.4) is 0 Å². The minimum absolute atomic E-state index is 0.0341. The molecule has 3 aromatic rings. The first-order chi connectivity index (χ1) is 18.2. The Morgan fingerprint density at radius 2 is 2.00 bits per heavy atom. The van der Waals surface area contributed by atoms with Crippen molar-refractivity contribution in [3.63, 3.8) is 0 Å². The number of likely N-dealkylation sites (N-methyl/N-ethyl adjacent to an activating group) is 1. The fourth-order valence-corrected chi connectivity index (χ4v) is 5.83. The third-order valence-electron chi connectivity index (χ3n) is 7.83. The van der Waals surface area contributed by atoms with E-state index in [0.717, 1.165) is 6.54 Å². The van der Waals surface area contributed by atoms with Crippen molar-refractivity contribution in [2.24, 2.45) is 0 Å². The second kappa shape index (κ2) is 9.92. The molecule has 2 aliphatic rings. The smallest absolute Gasteiger partial charge is 0.328 e. The standard InChI is InChI=1S/C28H33FN4O5/c1-5-31(13-14-37-3)11-12-32-26(35)28(2)16-19-22-20(9-10-21(38-4)23(22)29)30-24(19)25(33(28)27(32)36)17-7-6-8-18(34)15-17/h6-10,15,25,30,34H,5,11-14,16H2,1-4H3. The van der Waals surface area contributed by atoms with Crippen LogP contribution in [-0.2, 0) is 16.0 Å². The number of benzene rings is 2. The van der Waals surface area contributed by atoms with E-state index in [1.807, 2.05) is 6.92 Å². The van der Waals surface area contributed by atoms with Gasteiger partial charge in [0, 0.05) is 49.8 Å². The summed E-state index contributed by atoms with van der Waals surface area (Å²) in [6.07, 6.45) is 0.143. The van der Waals surface area contributed by atoms with Gasteiger partial charge in [0.1, 0.15) is 17.3 Å². The number of carbonyl (C=O) groups excluding carboxylic acids is 2. The highest BCUT2D eigenvalue weighted by Gasteiger charge is 2.60. The number of imide groups is 1. The van der Waals surface area contributed by atoms with Gasteiger partial charge in [0.05, 0.1) is 13.7 Å². The number of ether oxygens (including phenoxy) is 2. The molecule has 2 aliphatic heterocycles. The van der Waals surface area contributed by atoms with Crippen LogP contribution in [0.1, 0.15) is 36.7 Å². The summed E-state index contributed by atoms with van der Waals surface area (Å²) in [5, 5.41) is 10.6. The lowest BCUT2D eigenvalue weighted by Crippen LogP contribution is -2.53. The molecule has 9 nitrogen and oxygen atoms in total. The number of aromatic hydroxyl groups is 1. The van der Waals surface area contributed by atoms with Crippen LogP contribution < -0.4 is 4.74 Å². The van der Waals surface area contributed by atoms with Crippen LogP contribution in [0.25, 0.3) is 10.9 Å². The van der Waals surface area contributed by atoms with Gasteiger partial charge in [0.2, 0.25) is 0 Å². The molecule has 0 aliphatic carbocycles. The molecule has 2 atom stereocenters. The normalized spacial score (nSPS) is 20.9.